The van der Waals surface area contributed by atoms with E-state index in [4.69, 9.17) is 4.74 Å². The van der Waals surface area contributed by atoms with E-state index in [1.54, 1.807) is 40.4 Å². The highest BCUT2D eigenvalue weighted by molar-refractivity contribution is 5.66. The summed E-state index contributed by atoms with van der Waals surface area (Å²) in [6.45, 7) is 23.7. The molecule has 2 heteroatoms. The first-order chi connectivity index (χ1) is 15.7. The number of hydrogen-bond donors (Lipinski definition) is 0. The molecule has 0 N–H and O–H groups in total. The second kappa shape index (κ2) is 6.51. The topological polar surface area (TPSA) is 26.3 Å². The van der Waals surface area contributed by atoms with Gasteiger partial charge in [-0.1, -0.05) is 75.0 Å². The largest absolute Gasteiger partial charge is 0.462 e. The number of carbonyl (C=O) groups excluding carboxylic acids is 1. The van der Waals surface area contributed by atoms with Crippen LogP contribution in [0.3, 0.4) is 0 Å². The average Bonchev–Trinajstić information content (AvgIpc) is 2.72. The monoisotopic (exact) mass is 462 g/mol. The van der Waals surface area contributed by atoms with Crippen molar-refractivity contribution in [2.24, 2.45) is 51.2 Å². The fourth-order valence-electron chi connectivity index (χ4n) is 10.6. The maximum Gasteiger partial charge on any atom is 0.302 e. The lowest BCUT2D eigenvalue weighted by molar-refractivity contribution is -0.170. The van der Waals surface area contributed by atoms with Crippen molar-refractivity contribution in [2.45, 2.75) is 107 Å². The van der Waals surface area contributed by atoms with Gasteiger partial charge in [0.1, 0.15) is 6.10 Å². The Labute approximate surface area is 207 Å². The van der Waals surface area contributed by atoms with Crippen molar-refractivity contribution in [2.75, 3.05) is 0 Å². The van der Waals surface area contributed by atoms with Crippen LogP contribution in [-0.4, -0.2) is 12.1 Å². The van der Waals surface area contributed by atoms with E-state index >= 15 is 0 Å². The van der Waals surface area contributed by atoms with Gasteiger partial charge in [-0.3, -0.25) is 4.79 Å². The predicted molar refractivity (Wildman–Crippen MR) is 138 cm³/mol. The fraction of sp³-hybridized carbons (Fsp3) is 0.781. The highest BCUT2D eigenvalue weighted by Crippen LogP contribution is 2.75. The summed E-state index contributed by atoms with van der Waals surface area (Å²) in [5.41, 5.74) is 11.0. The summed E-state index contributed by atoms with van der Waals surface area (Å²) in [5, 5.41) is 0. The molecule has 0 radical (unpaired) electrons. The second-order valence-electron chi connectivity index (χ2n) is 14.8. The van der Waals surface area contributed by atoms with Crippen molar-refractivity contribution < 1.29 is 9.53 Å². The van der Waals surface area contributed by atoms with Gasteiger partial charge in [-0.05, 0) is 86.9 Å². The maximum absolute atomic E-state index is 12.5. The van der Waals surface area contributed by atoms with Crippen LogP contribution in [0.4, 0.5) is 0 Å². The molecule has 0 saturated heterocycles. The van der Waals surface area contributed by atoms with E-state index in [9.17, 15) is 4.79 Å². The van der Waals surface area contributed by atoms with Crippen molar-refractivity contribution in [3.8, 4) is 0 Å². The van der Waals surface area contributed by atoms with Crippen LogP contribution < -0.4 is 0 Å². The fourth-order valence-corrected chi connectivity index (χ4v) is 10.6. The Balaban J connectivity index is 1.59. The van der Waals surface area contributed by atoms with Gasteiger partial charge in [0, 0.05) is 24.2 Å². The molecule has 7 unspecified atom stereocenters. The van der Waals surface area contributed by atoms with Gasteiger partial charge in [-0.25, -0.2) is 0 Å². The number of esters is 1. The Hall–Kier alpha value is -1.31. The molecule has 0 aliphatic heterocycles. The van der Waals surface area contributed by atoms with Crippen LogP contribution >= 0.6 is 0 Å². The van der Waals surface area contributed by atoms with E-state index in [1.807, 2.05) is 0 Å². The van der Waals surface area contributed by atoms with Gasteiger partial charge in [0.2, 0.25) is 0 Å². The molecule has 7 atom stereocenters. The highest BCUT2D eigenvalue weighted by Gasteiger charge is 2.68. The number of fused-ring (bicyclic) bond motifs is 8. The normalized spacial score (nSPS) is 44.8. The van der Waals surface area contributed by atoms with Crippen molar-refractivity contribution in [1.29, 1.82) is 0 Å². The summed E-state index contributed by atoms with van der Waals surface area (Å²) in [4.78, 5) is 12.5. The molecule has 3 fully saturated rings. The molecule has 3 saturated carbocycles. The first-order valence-corrected chi connectivity index (χ1v) is 13.9. The van der Waals surface area contributed by atoms with Crippen molar-refractivity contribution >= 4 is 5.97 Å². The van der Waals surface area contributed by atoms with Crippen LogP contribution in [0.25, 0.3) is 0 Å². The Morgan fingerprint density at radius 3 is 1.88 bits per heavy atom. The van der Waals surface area contributed by atoms with Gasteiger partial charge in [0.15, 0.2) is 0 Å². The Morgan fingerprint density at radius 1 is 0.794 bits per heavy atom. The Kier molecular flexibility index (Phi) is 4.43. The summed E-state index contributed by atoms with van der Waals surface area (Å²) in [5.74, 6) is 2.81. The van der Waals surface area contributed by atoms with E-state index in [2.05, 4.69) is 62.3 Å². The van der Waals surface area contributed by atoms with Gasteiger partial charge < -0.3 is 4.74 Å². The van der Waals surface area contributed by atoms with Crippen LogP contribution in [-0.2, 0) is 9.53 Å². The molecule has 9 aliphatic carbocycles. The van der Waals surface area contributed by atoms with Gasteiger partial charge in [-0.2, -0.15) is 0 Å². The lowest BCUT2D eigenvalue weighted by atomic mass is 9.35. The summed E-state index contributed by atoms with van der Waals surface area (Å²) >= 11 is 0. The van der Waals surface area contributed by atoms with Gasteiger partial charge in [0.05, 0.1) is 0 Å². The Bertz CT molecular complexity index is 1090. The molecule has 0 heterocycles. The minimum Gasteiger partial charge on any atom is -0.462 e. The number of allylic oxidation sites excluding steroid dienone is 5. The van der Waals surface area contributed by atoms with Crippen LogP contribution in [0.2, 0.25) is 0 Å². The third-order valence-corrected chi connectivity index (χ3v) is 13.0. The number of carbonyl (C=O) groups is 1. The molecule has 0 aromatic carbocycles. The minimum atomic E-state index is -0.0987. The lowest BCUT2D eigenvalue weighted by Gasteiger charge is -2.69. The van der Waals surface area contributed by atoms with Gasteiger partial charge in [-0.15, -0.1) is 0 Å². The molecule has 9 aliphatic rings. The molecule has 0 amide bonds. The molecule has 0 aromatic heterocycles. The SMILES string of the molecule is CC(=O)OC1C2CC(=C(C)C1C1(C3CC4CC(=C3C)C4(C)C)CC3CC(=C1C)C3(C)C)C2(C)C. The quantitative estimate of drug-likeness (QED) is 0.313. The molecule has 0 aromatic rings. The molecule has 2 nitrogen and oxygen atoms in total. The van der Waals surface area contributed by atoms with Crippen LogP contribution in [0, 0.1) is 51.2 Å². The number of hydrogen-bond acceptors (Lipinski definition) is 2. The molecule has 9 rings (SSSR count). The van der Waals surface area contributed by atoms with E-state index < -0.39 is 0 Å². The Morgan fingerprint density at radius 2 is 1.38 bits per heavy atom. The van der Waals surface area contributed by atoms with Crippen molar-refractivity contribution in [1.82, 2.24) is 0 Å². The molecule has 0 spiro atoms. The second-order valence-corrected chi connectivity index (χ2v) is 14.8. The van der Waals surface area contributed by atoms with Crippen LogP contribution in [0.15, 0.2) is 33.4 Å². The maximum atomic E-state index is 12.5. The smallest absolute Gasteiger partial charge is 0.302 e. The zero-order valence-electron chi connectivity index (χ0n) is 23.3. The third kappa shape index (κ3) is 2.42. The summed E-state index contributed by atoms with van der Waals surface area (Å²) in [6.07, 6.45) is 6.29. The lowest BCUT2D eigenvalue weighted by Crippen LogP contribution is -2.64. The first kappa shape index (κ1) is 23.1. The molecular formula is C32H46O2. The van der Waals surface area contributed by atoms with Crippen molar-refractivity contribution in [3.05, 3.63) is 33.4 Å². The van der Waals surface area contributed by atoms with E-state index in [-0.39, 0.29) is 22.9 Å². The van der Waals surface area contributed by atoms with Crippen molar-refractivity contribution in [3.63, 3.8) is 0 Å². The average molecular weight is 463 g/mol. The molecule has 34 heavy (non-hydrogen) atoms. The molecule has 186 valence electrons. The zero-order valence-corrected chi connectivity index (χ0v) is 23.3. The number of ether oxygens (including phenoxy) is 1. The molecule has 6 bridgehead atoms. The summed E-state index contributed by atoms with van der Waals surface area (Å²) in [6, 6.07) is 0. The van der Waals surface area contributed by atoms with E-state index in [0.717, 1.165) is 18.3 Å². The van der Waals surface area contributed by atoms with Crippen LogP contribution in [0.1, 0.15) is 101 Å². The highest BCUT2D eigenvalue weighted by atomic mass is 16.5. The third-order valence-electron chi connectivity index (χ3n) is 13.0. The van der Waals surface area contributed by atoms with E-state index in [0.29, 0.717) is 28.6 Å². The molecular weight excluding hydrogens is 416 g/mol. The zero-order chi connectivity index (χ0) is 24.7. The standard InChI is InChI=1S/C32H46O2/c1-16-22-11-20(29(22,5)6)12-24(16)32(15-21-13-25(18(32)3)30(21,7)8)27-17(2)23-14-26(31(23,9)10)28(27)34-19(4)33/h20-21,24,26-28H,11-15H2,1-10H3. The summed E-state index contributed by atoms with van der Waals surface area (Å²) in [7, 11) is 0. The first-order valence-electron chi connectivity index (χ1n) is 13.9. The summed E-state index contributed by atoms with van der Waals surface area (Å²) < 4.78 is 6.38. The van der Waals surface area contributed by atoms with E-state index in [1.165, 1.54) is 25.7 Å². The minimum absolute atomic E-state index is 0.00484. The van der Waals surface area contributed by atoms with Crippen LogP contribution in [0.5, 0.6) is 0 Å². The van der Waals surface area contributed by atoms with Gasteiger partial charge in [0.25, 0.3) is 0 Å². The predicted octanol–water partition coefficient (Wildman–Crippen LogP) is 8.05. The van der Waals surface area contributed by atoms with Gasteiger partial charge >= 0.3 is 5.97 Å². The number of rotatable bonds is 3.